The van der Waals surface area contributed by atoms with Crippen LogP contribution < -0.4 is 9.64 Å². The van der Waals surface area contributed by atoms with Crippen molar-refractivity contribution >= 4 is 43.0 Å². The van der Waals surface area contributed by atoms with Crippen LogP contribution in [0.25, 0.3) is 39.3 Å². The van der Waals surface area contributed by atoms with Gasteiger partial charge in [0, 0.05) is 36.7 Å². The Labute approximate surface area is 304 Å². The number of hydrogen-bond donors (Lipinski definition) is 1. The average Bonchev–Trinajstić information content (AvgIpc) is 3.66. The molecule has 0 saturated carbocycles. The van der Waals surface area contributed by atoms with E-state index >= 15 is 0 Å². The molecule has 3 heterocycles. The molecule has 0 bridgehead atoms. The van der Waals surface area contributed by atoms with Crippen molar-refractivity contribution < 1.29 is 34.8 Å². The topological polar surface area (TPSA) is 127 Å². The Morgan fingerprint density at radius 3 is 2.13 bits per heavy atom. The highest BCUT2D eigenvalue weighted by molar-refractivity contribution is 7.86. The lowest BCUT2D eigenvalue weighted by Crippen LogP contribution is -2.35. The zero-order valence-electron chi connectivity index (χ0n) is 28.8. The van der Waals surface area contributed by atoms with Gasteiger partial charge in [0.15, 0.2) is 5.75 Å². The first-order valence-electron chi connectivity index (χ1n) is 17.4. The second kappa shape index (κ2) is 15.1. The molecule has 1 N–H and O–H groups in total. The van der Waals surface area contributed by atoms with Crippen molar-refractivity contribution in [1.82, 2.24) is 5.06 Å². The molecular formula is C40H40N2O8S2. The van der Waals surface area contributed by atoms with Crippen LogP contribution in [0.4, 0.5) is 5.69 Å². The molecule has 270 valence electrons. The van der Waals surface area contributed by atoms with Gasteiger partial charge in [0.1, 0.15) is 17.1 Å². The van der Waals surface area contributed by atoms with Gasteiger partial charge in [-0.15, -0.1) is 0 Å². The Morgan fingerprint density at radius 2 is 1.48 bits per heavy atom. The fourth-order valence-electron chi connectivity index (χ4n) is 6.59. The monoisotopic (exact) mass is 740 g/mol. The van der Waals surface area contributed by atoms with E-state index in [2.05, 4.69) is 0 Å². The van der Waals surface area contributed by atoms with E-state index in [0.29, 0.717) is 53.4 Å². The van der Waals surface area contributed by atoms with Crippen LogP contribution >= 0.6 is 0 Å². The molecule has 0 amide bonds. The number of hydrogen-bond acceptors (Lipinski definition) is 9. The lowest BCUT2D eigenvalue weighted by atomic mass is 10.0. The minimum atomic E-state index is -4.42. The molecule has 1 saturated heterocycles. The molecule has 7 rings (SSSR count). The van der Waals surface area contributed by atoms with E-state index in [9.17, 15) is 21.4 Å². The van der Waals surface area contributed by atoms with E-state index in [1.54, 1.807) is 18.2 Å². The van der Waals surface area contributed by atoms with Gasteiger partial charge in [0.05, 0.1) is 11.4 Å². The minimum absolute atomic E-state index is 0.0607. The fraction of sp³-hybridized carbons (Fsp3) is 0.250. The predicted octanol–water partition coefficient (Wildman–Crippen LogP) is 8.44. The van der Waals surface area contributed by atoms with Crippen LogP contribution in [0.5, 0.6) is 5.75 Å². The molecule has 0 aliphatic carbocycles. The Bertz CT molecular complexity index is 2350. The van der Waals surface area contributed by atoms with Crippen molar-refractivity contribution in [1.29, 1.82) is 0 Å². The van der Waals surface area contributed by atoms with Crippen molar-refractivity contribution in [2.75, 3.05) is 30.3 Å². The highest BCUT2D eigenvalue weighted by Crippen LogP contribution is 2.42. The number of allylic oxidation sites excluding steroid dienone is 2. The summed E-state index contributed by atoms with van der Waals surface area (Å²) in [6.07, 6.45) is 6.87. The summed E-state index contributed by atoms with van der Waals surface area (Å²) in [6, 6.07) is 31.0. The third-order valence-corrected chi connectivity index (χ3v) is 11.0. The molecule has 1 fully saturated rings. The van der Waals surface area contributed by atoms with Gasteiger partial charge < -0.3 is 14.1 Å². The van der Waals surface area contributed by atoms with Gasteiger partial charge in [-0.2, -0.15) is 26.2 Å². The zero-order chi connectivity index (χ0) is 36.3. The van der Waals surface area contributed by atoms with Gasteiger partial charge in [-0.05, 0) is 77.4 Å². The van der Waals surface area contributed by atoms with Gasteiger partial charge in [-0.1, -0.05) is 86.1 Å². The Hall–Kier alpha value is -4.72. The Balaban J connectivity index is 1.26. The first-order valence-corrected chi connectivity index (χ1v) is 20.5. The van der Waals surface area contributed by atoms with Crippen LogP contribution in [0.2, 0.25) is 0 Å². The number of benzene rings is 4. The summed E-state index contributed by atoms with van der Waals surface area (Å²) in [7, 11) is -8.33. The van der Waals surface area contributed by atoms with E-state index in [0.717, 1.165) is 47.1 Å². The van der Waals surface area contributed by atoms with Crippen molar-refractivity contribution in [3.63, 3.8) is 0 Å². The molecular weight excluding hydrogens is 701 g/mol. The molecule has 2 aliphatic heterocycles. The first kappa shape index (κ1) is 35.7. The van der Waals surface area contributed by atoms with Crippen LogP contribution in [0.1, 0.15) is 43.9 Å². The number of anilines is 1. The van der Waals surface area contributed by atoms with Crippen molar-refractivity contribution in [3.05, 3.63) is 126 Å². The number of rotatable bonds is 12. The molecule has 0 atom stereocenters. The standard InChI is InChI=1S/C40H40N2O8S2/c1-2-29(24-39-35(28-51(43,44)45)34-26-32(16-18-37(34)48-39)30-12-6-3-7-13-30)25-40-42(22-23-52(46,47)50-41-20-10-5-11-21-41)36-27-33(17-19-38(36)49-40)31-14-8-4-9-15-31/h3-4,6-9,12-19,24-27H,2,5,10-11,20-23,28H2,1H3,(H,43,44,45)/b29-24-,40-25-. The quantitative estimate of drug-likeness (QED) is 0.125. The van der Waals surface area contributed by atoms with Gasteiger partial charge in [-0.3, -0.25) is 4.55 Å². The SMILES string of the molecule is CCC(=C/c1oc2ccc(-c3ccccc3)cc2c1CS(=O)(=O)O)/C=C1\Oc2ccc(-c3ccccc3)cc2N1CCS(=O)(=O)ON1CCCCC1. The molecule has 10 nitrogen and oxygen atoms in total. The lowest BCUT2D eigenvalue weighted by Gasteiger charge is -2.25. The van der Waals surface area contributed by atoms with Gasteiger partial charge in [-0.25, -0.2) is 0 Å². The normalized spacial score (nSPS) is 16.4. The van der Waals surface area contributed by atoms with E-state index in [4.69, 9.17) is 13.4 Å². The highest BCUT2D eigenvalue weighted by atomic mass is 32.2. The third kappa shape index (κ3) is 8.32. The molecule has 1 aromatic heterocycles. The van der Waals surface area contributed by atoms with Crippen LogP contribution in [0.3, 0.4) is 0 Å². The van der Waals surface area contributed by atoms with Crippen molar-refractivity contribution in [2.45, 2.75) is 38.4 Å². The molecule has 0 unspecified atom stereocenters. The summed E-state index contributed by atoms with van der Waals surface area (Å²) in [6.45, 7) is 3.14. The molecule has 2 aliphatic rings. The van der Waals surface area contributed by atoms with E-state index in [1.165, 1.54) is 5.06 Å². The summed E-state index contributed by atoms with van der Waals surface area (Å²) in [5.74, 6) is 0.344. The van der Waals surface area contributed by atoms with Crippen LogP contribution in [-0.4, -0.2) is 51.8 Å². The summed E-state index contributed by atoms with van der Waals surface area (Å²) in [5, 5.41) is 2.10. The summed E-state index contributed by atoms with van der Waals surface area (Å²) < 4.78 is 78.9. The maximum absolute atomic E-state index is 13.2. The molecule has 52 heavy (non-hydrogen) atoms. The van der Waals surface area contributed by atoms with E-state index in [1.807, 2.05) is 103 Å². The molecule has 5 aromatic rings. The maximum Gasteiger partial charge on any atom is 0.285 e. The summed E-state index contributed by atoms with van der Waals surface area (Å²) in [4.78, 5) is 1.83. The second-order valence-corrected chi connectivity index (χ2v) is 16.1. The fourth-order valence-corrected chi connectivity index (χ4v) is 8.20. The van der Waals surface area contributed by atoms with E-state index in [-0.39, 0.29) is 18.1 Å². The van der Waals surface area contributed by atoms with Gasteiger partial charge in [0.2, 0.25) is 5.88 Å². The summed E-state index contributed by atoms with van der Waals surface area (Å²) in [5.41, 5.74) is 6.02. The lowest BCUT2D eigenvalue weighted by molar-refractivity contribution is -0.0652. The van der Waals surface area contributed by atoms with E-state index < -0.39 is 26.0 Å². The van der Waals surface area contributed by atoms with Crippen LogP contribution in [0.15, 0.2) is 119 Å². The smallest absolute Gasteiger partial charge is 0.285 e. The van der Waals surface area contributed by atoms with Gasteiger partial charge >= 0.3 is 0 Å². The molecule has 4 aromatic carbocycles. The minimum Gasteiger partial charge on any atom is -0.456 e. The molecule has 0 spiro atoms. The largest absolute Gasteiger partial charge is 0.456 e. The number of ether oxygens (including phenoxy) is 1. The number of nitrogens with zero attached hydrogens (tertiary/aromatic N) is 2. The van der Waals surface area contributed by atoms with Crippen LogP contribution in [-0.2, 0) is 30.3 Å². The van der Waals surface area contributed by atoms with Gasteiger partial charge in [0.25, 0.3) is 20.2 Å². The Morgan fingerprint density at radius 1 is 0.827 bits per heavy atom. The average molecular weight is 741 g/mol. The second-order valence-electron chi connectivity index (χ2n) is 12.9. The van der Waals surface area contributed by atoms with Crippen molar-refractivity contribution in [2.24, 2.45) is 0 Å². The Kier molecular flexibility index (Phi) is 10.4. The number of hydroxylamine groups is 2. The molecule has 12 heteroatoms. The number of piperidine rings is 1. The van der Waals surface area contributed by atoms with Crippen molar-refractivity contribution in [3.8, 4) is 28.0 Å². The highest BCUT2D eigenvalue weighted by Gasteiger charge is 2.30. The summed E-state index contributed by atoms with van der Waals surface area (Å²) >= 11 is 0. The maximum atomic E-state index is 13.2. The van der Waals surface area contributed by atoms with Crippen LogP contribution in [0, 0.1) is 0 Å². The number of fused-ring (bicyclic) bond motifs is 2. The first-order chi connectivity index (χ1) is 25.0. The number of furan rings is 1. The predicted molar refractivity (Wildman–Crippen MR) is 203 cm³/mol. The molecule has 0 radical (unpaired) electrons. The third-order valence-electron chi connectivity index (χ3n) is 9.23. The zero-order valence-corrected chi connectivity index (χ0v) is 30.4.